The molecule has 0 saturated carbocycles. The van der Waals surface area contributed by atoms with Gasteiger partial charge in [0.2, 0.25) is 0 Å². The highest BCUT2D eigenvalue weighted by Crippen LogP contribution is 2.34. The van der Waals surface area contributed by atoms with E-state index in [1.54, 1.807) is 18.9 Å². The summed E-state index contributed by atoms with van der Waals surface area (Å²) >= 11 is 1.67. The molecule has 1 aliphatic rings. The normalized spacial score (nSPS) is 13.7. The number of rotatable bonds is 8. The number of benzene rings is 3. The third-order valence-electron chi connectivity index (χ3n) is 5.95. The molecule has 0 atom stereocenters. The van der Waals surface area contributed by atoms with Gasteiger partial charge < -0.3 is 19.3 Å². The van der Waals surface area contributed by atoms with Crippen molar-refractivity contribution in [3.8, 4) is 6.07 Å². The lowest BCUT2D eigenvalue weighted by Crippen LogP contribution is -2.45. The minimum absolute atomic E-state index is 0.0961. The van der Waals surface area contributed by atoms with Gasteiger partial charge in [0, 0.05) is 29.7 Å². The molecule has 3 aromatic rings. The van der Waals surface area contributed by atoms with Crippen molar-refractivity contribution in [2.24, 2.45) is 0 Å². The second-order valence-corrected chi connectivity index (χ2v) is 9.46. The molecular formula is C28H30N4O2S. The molecule has 1 fully saturated rings. The smallest absolute Gasteiger partial charge is 0.407 e. The molecule has 1 N–H and O–H groups in total. The lowest BCUT2D eigenvalue weighted by atomic mass is 10.0. The van der Waals surface area contributed by atoms with Crippen molar-refractivity contribution < 1.29 is 9.53 Å². The van der Waals surface area contributed by atoms with Crippen LogP contribution in [0.1, 0.15) is 30.9 Å². The standard InChI is InChI=1S/C28H30N4O2S/c1-2-34-28(33)30-24-15-17-31(18-16-24)27-14-13-25(19-23(27)20-29)32(21-22-9-5-3-6-10-22)35-26-11-7-4-8-12-26/h3-14,19,24H,2,15-18,21H2,1H3,(H,30,33). The van der Waals surface area contributed by atoms with E-state index in [0.29, 0.717) is 12.2 Å². The topological polar surface area (TPSA) is 68.6 Å². The molecule has 0 aromatic heterocycles. The van der Waals surface area contributed by atoms with Crippen LogP contribution in [0.2, 0.25) is 0 Å². The molecule has 1 amide bonds. The van der Waals surface area contributed by atoms with Crippen molar-refractivity contribution in [2.75, 3.05) is 28.9 Å². The number of ether oxygens (including phenoxy) is 1. The SMILES string of the molecule is CCOC(=O)NC1CCN(c2ccc(N(Cc3ccccc3)Sc3ccccc3)cc2C#N)CC1. The lowest BCUT2D eigenvalue weighted by Gasteiger charge is -2.34. The molecule has 0 radical (unpaired) electrons. The number of anilines is 2. The molecular weight excluding hydrogens is 456 g/mol. The van der Waals surface area contributed by atoms with Crippen LogP contribution in [0.3, 0.4) is 0 Å². The van der Waals surface area contributed by atoms with Crippen LogP contribution in [0.4, 0.5) is 16.2 Å². The third-order valence-corrected chi connectivity index (χ3v) is 6.99. The molecule has 0 bridgehead atoms. The fraction of sp³-hybridized carbons (Fsp3) is 0.286. The largest absolute Gasteiger partial charge is 0.450 e. The summed E-state index contributed by atoms with van der Waals surface area (Å²) in [7, 11) is 0. The van der Waals surface area contributed by atoms with Gasteiger partial charge in [0.25, 0.3) is 0 Å². The predicted molar refractivity (Wildman–Crippen MR) is 141 cm³/mol. The van der Waals surface area contributed by atoms with Gasteiger partial charge >= 0.3 is 6.09 Å². The Morgan fingerprint density at radius 3 is 2.43 bits per heavy atom. The molecule has 1 saturated heterocycles. The first-order chi connectivity index (χ1) is 17.2. The lowest BCUT2D eigenvalue weighted by molar-refractivity contribution is 0.146. The van der Waals surface area contributed by atoms with Crippen LogP contribution < -0.4 is 14.5 Å². The second kappa shape index (κ2) is 12.2. The van der Waals surface area contributed by atoms with E-state index in [9.17, 15) is 10.1 Å². The molecule has 35 heavy (non-hydrogen) atoms. The summed E-state index contributed by atoms with van der Waals surface area (Å²) in [5.74, 6) is 0. The van der Waals surface area contributed by atoms with Gasteiger partial charge in [-0.15, -0.1) is 0 Å². The molecule has 0 spiro atoms. The summed E-state index contributed by atoms with van der Waals surface area (Å²) in [6, 6.07) is 29.3. The molecule has 1 heterocycles. The Bertz CT molecular complexity index is 1100. The second-order valence-electron chi connectivity index (χ2n) is 8.37. The molecule has 0 unspecified atom stereocenters. The molecule has 180 valence electrons. The summed E-state index contributed by atoms with van der Waals surface area (Å²) in [4.78, 5) is 15.1. The molecule has 4 rings (SSSR count). The highest BCUT2D eigenvalue weighted by atomic mass is 32.2. The maximum Gasteiger partial charge on any atom is 0.407 e. The Kier molecular flexibility index (Phi) is 8.53. The zero-order valence-corrected chi connectivity index (χ0v) is 20.7. The van der Waals surface area contributed by atoms with Crippen LogP contribution in [0.25, 0.3) is 0 Å². The predicted octanol–water partition coefficient (Wildman–Crippen LogP) is 5.99. The third kappa shape index (κ3) is 6.71. The first-order valence-corrected chi connectivity index (χ1v) is 12.7. The molecule has 7 heteroatoms. The monoisotopic (exact) mass is 486 g/mol. The first-order valence-electron chi connectivity index (χ1n) is 11.9. The van der Waals surface area contributed by atoms with Crippen molar-refractivity contribution in [3.05, 3.63) is 90.0 Å². The van der Waals surface area contributed by atoms with Crippen molar-refractivity contribution in [1.29, 1.82) is 5.26 Å². The molecule has 1 aliphatic heterocycles. The summed E-state index contributed by atoms with van der Waals surface area (Å²) in [5.41, 5.74) is 3.79. The van der Waals surface area contributed by atoms with E-state index in [1.165, 1.54) is 5.56 Å². The van der Waals surface area contributed by atoms with Crippen molar-refractivity contribution >= 4 is 29.4 Å². The van der Waals surface area contributed by atoms with Crippen LogP contribution >= 0.6 is 11.9 Å². The van der Waals surface area contributed by atoms with E-state index < -0.39 is 0 Å². The zero-order valence-electron chi connectivity index (χ0n) is 19.9. The quantitative estimate of drug-likeness (QED) is 0.395. The summed E-state index contributed by atoms with van der Waals surface area (Å²) in [5, 5.41) is 12.9. The van der Waals surface area contributed by atoms with E-state index in [-0.39, 0.29) is 12.1 Å². The molecule has 3 aromatic carbocycles. The fourth-order valence-corrected chi connectivity index (χ4v) is 5.15. The molecule has 0 aliphatic carbocycles. The number of nitrogens with one attached hydrogen (secondary N) is 1. The van der Waals surface area contributed by atoms with Crippen LogP contribution in [0.5, 0.6) is 0 Å². The van der Waals surface area contributed by atoms with Crippen molar-refractivity contribution in [3.63, 3.8) is 0 Å². The fourth-order valence-electron chi connectivity index (χ4n) is 4.18. The van der Waals surface area contributed by atoms with Crippen LogP contribution in [-0.2, 0) is 11.3 Å². The van der Waals surface area contributed by atoms with Gasteiger partial charge in [-0.25, -0.2) is 4.79 Å². The number of nitriles is 1. The van der Waals surface area contributed by atoms with E-state index in [0.717, 1.165) is 48.7 Å². The van der Waals surface area contributed by atoms with E-state index in [1.807, 2.05) is 42.5 Å². The van der Waals surface area contributed by atoms with E-state index in [4.69, 9.17) is 4.74 Å². The van der Waals surface area contributed by atoms with Gasteiger partial charge in [0.1, 0.15) is 6.07 Å². The van der Waals surface area contributed by atoms with Crippen LogP contribution in [0, 0.1) is 11.3 Å². The Morgan fingerprint density at radius 2 is 1.77 bits per heavy atom. The average molecular weight is 487 g/mol. The van der Waals surface area contributed by atoms with Crippen LogP contribution in [0.15, 0.2) is 83.8 Å². The van der Waals surface area contributed by atoms with Crippen molar-refractivity contribution in [1.82, 2.24) is 5.32 Å². The summed E-state index contributed by atoms with van der Waals surface area (Å²) in [6.45, 7) is 4.44. The maximum absolute atomic E-state index is 11.7. The highest BCUT2D eigenvalue weighted by Gasteiger charge is 2.23. The van der Waals surface area contributed by atoms with Gasteiger partial charge in [-0.05, 0) is 67.6 Å². The Hall–Kier alpha value is -3.63. The summed E-state index contributed by atoms with van der Waals surface area (Å²) in [6.07, 6.45) is 1.27. The van der Waals surface area contributed by atoms with Gasteiger partial charge in [0.15, 0.2) is 0 Å². The van der Waals surface area contributed by atoms with Gasteiger partial charge in [0.05, 0.1) is 24.4 Å². The number of amides is 1. The van der Waals surface area contributed by atoms with Gasteiger partial charge in [-0.1, -0.05) is 48.5 Å². The average Bonchev–Trinajstić information content (AvgIpc) is 2.90. The van der Waals surface area contributed by atoms with Crippen molar-refractivity contribution in [2.45, 2.75) is 37.2 Å². The van der Waals surface area contributed by atoms with E-state index >= 15 is 0 Å². The summed E-state index contributed by atoms with van der Waals surface area (Å²) < 4.78 is 7.23. The number of hydrogen-bond acceptors (Lipinski definition) is 6. The minimum Gasteiger partial charge on any atom is -0.450 e. The number of carbonyl (C=O) groups is 1. The first kappa shape index (κ1) is 24.5. The van der Waals surface area contributed by atoms with Crippen LogP contribution in [-0.4, -0.2) is 31.8 Å². The number of nitrogens with zero attached hydrogens (tertiary/aromatic N) is 3. The highest BCUT2D eigenvalue weighted by molar-refractivity contribution is 8.00. The maximum atomic E-state index is 11.7. The zero-order chi connectivity index (χ0) is 24.5. The Labute approximate surface area is 211 Å². The number of alkyl carbamates (subject to hydrolysis) is 1. The van der Waals surface area contributed by atoms with E-state index in [2.05, 4.69) is 57.0 Å². The van der Waals surface area contributed by atoms with Gasteiger partial charge in [-0.3, -0.25) is 0 Å². The number of carbonyl (C=O) groups excluding carboxylic acids is 1. The number of piperidine rings is 1. The Morgan fingerprint density at radius 1 is 1.09 bits per heavy atom. The number of hydrogen-bond donors (Lipinski definition) is 1. The minimum atomic E-state index is -0.359. The Balaban J connectivity index is 1.51. The molecule has 6 nitrogen and oxygen atoms in total. The van der Waals surface area contributed by atoms with Gasteiger partial charge in [-0.2, -0.15) is 5.26 Å².